The van der Waals surface area contributed by atoms with Crippen LogP contribution >= 0.6 is 0 Å². The predicted molar refractivity (Wildman–Crippen MR) is 86.5 cm³/mol. The number of hydrogen-bond acceptors (Lipinski definition) is 11. The Morgan fingerprint density at radius 2 is 0.893 bits per heavy atom. The Kier molecular flexibility index (Phi) is 6.27. The van der Waals surface area contributed by atoms with E-state index >= 15 is 0 Å². The fourth-order valence-corrected chi connectivity index (χ4v) is 3.32. The zero-order valence-electron chi connectivity index (χ0n) is 16.1. The number of epoxide rings is 1. The molecule has 1 aliphatic heterocycles. The van der Waals surface area contributed by atoms with E-state index in [1.807, 2.05) is 0 Å². The van der Waals surface area contributed by atoms with Gasteiger partial charge in [-0.3, -0.25) is 24.0 Å². The summed E-state index contributed by atoms with van der Waals surface area (Å²) in [6.07, 6.45) is -6.66. The lowest BCUT2D eigenvalue weighted by Gasteiger charge is -2.46. The molecule has 1 heterocycles. The summed E-state index contributed by atoms with van der Waals surface area (Å²) in [5.74, 6) is -3.77. The molecule has 1 saturated heterocycles. The average molecular weight is 402 g/mol. The SMILES string of the molecule is CC(=O)OC1C(OC(C)=O)C(OC(C)=O)C2(CO2)[C@@H](OC(C)=O)C1OC(C)=O. The van der Waals surface area contributed by atoms with E-state index in [0.717, 1.165) is 34.6 Å². The maximum atomic E-state index is 11.7. The first-order chi connectivity index (χ1) is 13.0. The summed E-state index contributed by atoms with van der Waals surface area (Å²) in [4.78, 5) is 58.3. The molecule has 0 radical (unpaired) electrons. The summed E-state index contributed by atoms with van der Waals surface area (Å²) >= 11 is 0. The van der Waals surface area contributed by atoms with Crippen LogP contribution in [0.3, 0.4) is 0 Å². The lowest BCUT2D eigenvalue weighted by atomic mass is 9.77. The van der Waals surface area contributed by atoms with Crippen molar-refractivity contribution in [2.75, 3.05) is 6.61 Å². The lowest BCUT2D eigenvalue weighted by Crippen LogP contribution is -2.70. The van der Waals surface area contributed by atoms with Crippen LogP contribution in [0.15, 0.2) is 0 Å². The first-order valence-corrected chi connectivity index (χ1v) is 8.48. The van der Waals surface area contributed by atoms with Crippen LogP contribution in [0, 0.1) is 0 Å². The summed E-state index contributed by atoms with van der Waals surface area (Å²) < 4.78 is 31.8. The Hall–Kier alpha value is -2.69. The molecule has 156 valence electrons. The average Bonchev–Trinajstić information content (AvgIpc) is 3.31. The third-order valence-electron chi connectivity index (χ3n) is 4.18. The van der Waals surface area contributed by atoms with E-state index in [4.69, 9.17) is 28.4 Å². The maximum Gasteiger partial charge on any atom is 0.303 e. The van der Waals surface area contributed by atoms with Gasteiger partial charge in [0.15, 0.2) is 36.1 Å². The highest BCUT2D eigenvalue weighted by molar-refractivity contribution is 5.70. The van der Waals surface area contributed by atoms with E-state index in [-0.39, 0.29) is 6.61 Å². The van der Waals surface area contributed by atoms with Gasteiger partial charge in [-0.05, 0) is 0 Å². The molecule has 1 spiro atoms. The first kappa shape index (κ1) is 21.6. The van der Waals surface area contributed by atoms with Crippen LogP contribution in [-0.2, 0) is 52.4 Å². The molecule has 28 heavy (non-hydrogen) atoms. The zero-order valence-corrected chi connectivity index (χ0v) is 16.1. The topological polar surface area (TPSA) is 144 Å². The van der Waals surface area contributed by atoms with Crippen molar-refractivity contribution in [1.29, 1.82) is 0 Å². The summed E-state index contributed by atoms with van der Waals surface area (Å²) in [6, 6.07) is 0. The fraction of sp³-hybridized carbons (Fsp3) is 0.706. The number of ether oxygens (including phenoxy) is 6. The molecule has 1 saturated carbocycles. The number of rotatable bonds is 5. The highest BCUT2D eigenvalue weighted by Gasteiger charge is 2.73. The summed E-state index contributed by atoms with van der Waals surface area (Å²) in [7, 11) is 0. The number of esters is 5. The van der Waals surface area contributed by atoms with Gasteiger partial charge in [-0.15, -0.1) is 0 Å². The van der Waals surface area contributed by atoms with Crippen LogP contribution in [-0.4, -0.2) is 72.6 Å². The molecule has 0 amide bonds. The summed E-state index contributed by atoms with van der Waals surface area (Å²) in [6.45, 7) is 5.52. The van der Waals surface area contributed by atoms with Gasteiger partial charge >= 0.3 is 29.8 Å². The molecular formula is C17H22O11. The van der Waals surface area contributed by atoms with E-state index < -0.39 is 66.0 Å². The van der Waals surface area contributed by atoms with E-state index in [1.54, 1.807) is 0 Å². The van der Waals surface area contributed by atoms with Crippen LogP contribution in [0.2, 0.25) is 0 Å². The number of carbonyl (C=O) groups excluding carboxylic acids is 5. The van der Waals surface area contributed by atoms with Crippen LogP contribution < -0.4 is 0 Å². The molecule has 0 bridgehead atoms. The van der Waals surface area contributed by atoms with E-state index in [2.05, 4.69) is 0 Å². The first-order valence-electron chi connectivity index (χ1n) is 8.48. The van der Waals surface area contributed by atoms with E-state index in [9.17, 15) is 24.0 Å². The lowest BCUT2D eigenvalue weighted by molar-refractivity contribution is -0.247. The van der Waals surface area contributed by atoms with Gasteiger partial charge in [-0.1, -0.05) is 0 Å². The molecule has 1 aliphatic carbocycles. The van der Waals surface area contributed by atoms with Crippen LogP contribution in [0.4, 0.5) is 0 Å². The van der Waals surface area contributed by atoms with Crippen molar-refractivity contribution in [3.05, 3.63) is 0 Å². The van der Waals surface area contributed by atoms with Crippen molar-refractivity contribution in [3.63, 3.8) is 0 Å². The Morgan fingerprint density at radius 3 is 1.14 bits per heavy atom. The number of carbonyl (C=O) groups is 5. The minimum absolute atomic E-state index is 0.0365. The Morgan fingerprint density at radius 1 is 0.607 bits per heavy atom. The van der Waals surface area contributed by atoms with Crippen LogP contribution in [0.25, 0.3) is 0 Å². The smallest absolute Gasteiger partial charge is 0.303 e. The summed E-state index contributed by atoms with van der Waals surface area (Å²) in [5, 5.41) is 0. The van der Waals surface area contributed by atoms with Crippen molar-refractivity contribution < 1.29 is 52.4 Å². The third kappa shape index (κ3) is 4.58. The van der Waals surface area contributed by atoms with Gasteiger partial charge in [0.1, 0.15) is 0 Å². The van der Waals surface area contributed by atoms with Crippen molar-refractivity contribution in [2.24, 2.45) is 0 Å². The van der Waals surface area contributed by atoms with Gasteiger partial charge in [0, 0.05) is 34.6 Å². The second-order valence-electron chi connectivity index (χ2n) is 6.53. The minimum atomic E-state index is -1.42. The molecule has 0 N–H and O–H groups in total. The molecule has 0 aromatic heterocycles. The second-order valence-corrected chi connectivity index (χ2v) is 6.53. The van der Waals surface area contributed by atoms with Gasteiger partial charge in [-0.25, -0.2) is 0 Å². The molecule has 2 rings (SSSR count). The van der Waals surface area contributed by atoms with Crippen LogP contribution in [0.5, 0.6) is 0 Å². The largest absolute Gasteiger partial charge is 0.455 e. The normalized spacial score (nSPS) is 33.4. The van der Waals surface area contributed by atoms with Crippen molar-refractivity contribution >= 4 is 29.8 Å². The highest BCUT2D eigenvalue weighted by Crippen LogP contribution is 2.48. The van der Waals surface area contributed by atoms with Gasteiger partial charge in [0.25, 0.3) is 0 Å². The molecule has 6 atom stereocenters. The Balaban J connectivity index is 2.57. The Labute approximate surface area is 160 Å². The van der Waals surface area contributed by atoms with E-state index in [0.29, 0.717) is 0 Å². The van der Waals surface area contributed by atoms with Crippen LogP contribution in [0.1, 0.15) is 34.6 Å². The molecule has 0 aromatic carbocycles. The standard InChI is InChI=1S/C17H22O11/c1-7(18)24-12-13(25-8(2)19)15(27-10(4)21)17(6-23-17)16(28-11(5)22)14(12)26-9(3)20/h12-16H,6H2,1-5H3/t12?,13?,14?,15-,16?,17?/m0/s1. The maximum absolute atomic E-state index is 11.7. The monoisotopic (exact) mass is 402 g/mol. The molecular weight excluding hydrogens is 380 g/mol. The van der Waals surface area contributed by atoms with Gasteiger partial charge in [-0.2, -0.15) is 0 Å². The fourth-order valence-electron chi connectivity index (χ4n) is 3.32. The molecule has 2 aliphatic rings. The molecule has 11 heteroatoms. The van der Waals surface area contributed by atoms with Gasteiger partial charge in [0.05, 0.1) is 6.61 Å². The Bertz CT molecular complexity index is 635. The van der Waals surface area contributed by atoms with Crippen molar-refractivity contribution in [3.8, 4) is 0 Å². The molecule has 11 nitrogen and oxygen atoms in total. The van der Waals surface area contributed by atoms with Gasteiger partial charge in [0.2, 0.25) is 0 Å². The molecule has 0 aromatic rings. The van der Waals surface area contributed by atoms with E-state index in [1.165, 1.54) is 0 Å². The summed E-state index contributed by atoms with van der Waals surface area (Å²) in [5.41, 5.74) is -1.42. The minimum Gasteiger partial charge on any atom is -0.455 e. The molecule has 5 unspecified atom stereocenters. The van der Waals surface area contributed by atoms with Crippen molar-refractivity contribution in [1.82, 2.24) is 0 Å². The van der Waals surface area contributed by atoms with Gasteiger partial charge < -0.3 is 28.4 Å². The third-order valence-corrected chi connectivity index (χ3v) is 4.18. The second kappa shape index (κ2) is 8.13. The zero-order chi connectivity index (χ0) is 21.2. The number of hydrogen-bond donors (Lipinski definition) is 0. The predicted octanol–water partition coefficient (Wildman–Crippen LogP) is -0.572. The van der Waals surface area contributed by atoms with Crippen molar-refractivity contribution in [2.45, 2.75) is 70.7 Å². The molecule has 2 fully saturated rings. The quantitative estimate of drug-likeness (QED) is 0.331. The highest BCUT2D eigenvalue weighted by atomic mass is 16.7.